The summed E-state index contributed by atoms with van der Waals surface area (Å²) in [5, 5.41) is 0. The third kappa shape index (κ3) is 5.15. The smallest absolute Gasteiger partial charge is 0.207 e. The fourth-order valence-electron chi connectivity index (χ4n) is 4.78. The van der Waals surface area contributed by atoms with Gasteiger partial charge in [-0.3, -0.25) is 0 Å². The minimum atomic E-state index is -1.15. The first-order valence-electron chi connectivity index (χ1n) is 11.9. The second kappa shape index (κ2) is 10.5. The van der Waals surface area contributed by atoms with Crippen LogP contribution in [0.4, 0.5) is 13.2 Å². The lowest BCUT2D eigenvalue weighted by atomic mass is 9.80. The van der Waals surface area contributed by atoms with Crippen LogP contribution in [-0.4, -0.2) is 13.2 Å². The number of allylic oxidation sites excluding steroid dienone is 2. The number of fused-ring (bicyclic) bond motifs is 2. The molecule has 3 nitrogen and oxygen atoms in total. The molecular formula is C27H31F3O3. The number of rotatable bonds is 8. The summed E-state index contributed by atoms with van der Waals surface area (Å²) in [4.78, 5) is 0. The quantitative estimate of drug-likeness (QED) is 0.322. The second-order valence-corrected chi connectivity index (χ2v) is 8.91. The van der Waals surface area contributed by atoms with E-state index in [4.69, 9.17) is 14.2 Å². The van der Waals surface area contributed by atoms with Gasteiger partial charge in [0.2, 0.25) is 17.5 Å². The van der Waals surface area contributed by atoms with Crippen molar-refractivity contribution in [2.75, 3.05) is 13.2 Å². The van der Waals surface area contributed by atoms with Crippen LogP contribution in [0.1, 0.15) is 63.5 Å². The molecule has 6 heteroatoms. The first-order chi connectivity index (χ1) is 16.0. The number of ether oxygens (including phenoxy) is 3. The van der Waals surface area contributed by atoms with Gasteiger partial charge in [0, 0.05) is 17.5 Å². The molecule has 0 radical (unpaired) electrons. The van der Waals surface area contributed by atoms with Crippen molar-refractivity contribution >= 4 is 0 Å². The maximum absolute atomic E-state index is 14.8. The molecule has 0 N–H and O–H groups in total. The molecule has 2 aromatic carbocycles. The van der Waals surface area contributed by atoms with E-state index >= 15 is 0 Å². The van der Waals surface area contributed by atoms with Gasteiger partial charge in [0.05, 0.1) is 13.2 Å². The van der Waals surface area contributed by atoms with Crippen molar-refractivity contribution in [1.82, 2.24) is 0 Å². The predicted molar refractivity (Wildman–Crippen MR) is 122 cm³/mol. The lowest BCUT2D eigenvalue weighted by molar-refractivity contribution is 0.173. The van der Waals surface area contributed by atoms with Crippen molar-refractivity contribution in [2.24, 2.45) is 11.8 Å². The Hall–Kier alpha value is -2.63. The van der Waals surface area contributed by atoms with Gasteiger partial charge in [-0.25, -0.2) is 0 Å². The van der Waals surface area contributed by atoms with Gasteiger partial charge in [-0.05, 0) is 63.5 Å². The van der Waals surface area contributed by atoms with Gasteiger partial charge in [0.1, 0.15) is 0 Å². The Morgan fingerprint density at radius 2 is 1.64 bits per heavy atom. The first kappa shape index (κ1) is 23.5. The van der Waals surface area contributed by atoms with E-state index in [2.05, 4.69) is 12.2 Å². The molecule has 2 aliphatic rings. The number of benzene rings is 2. The van der Waals surface area contributed by atoms with Gasteiger partial charge in [-0.15, -0.1) is 0 Å². The predicted octanol–water partition coefficient (Wildman–Crippen LogP) is 7.74. The van der Waals surface area contributed by atoms with Crippen molar-refractivity contribution in [3.05, 3.63) is 58.9 Å². The summed E-state index contributed by atoms with van der Waals surface area (Å²) in [5.41, 5.74) is 0.990. The van der Waals surface area contributed by atoms with Gasteiger partial charge < -0.3 is 14.2 Å². The number of hydrogen-bond acceptors (Lipinski definition) is 3. The zero-order valence-electron chi connectivity index (χ0n) is 19.3. The molecule has 0 aromatic heterocycles. The Morgan fingerprint density at radius 3 is 2.36 bits per heavy atom. The van der Waals surface area contributed by atoms with E-state index in [-0.39, 0.29) is 36.0 Å². The van der Waals surface area contributed by atoms with Crippen LogP contribution < -0.4 is 14.2 Å². The molecule has 33 heavy (non-hydrogen) atoms. The van der Waals surface area contributed by atoms with Gasteiger partial charge in [0.25, 0.3) is 0 Å². The molecule has 1 aliphatic carbocycles. The normalized spacial score (nSPS) is 19.7. The highest BCUT2D eigenvalue weighted by atomic mass is 19.2. The SMILES string of the molecule is C/C=C/CCC1CCC(COc2cc3c(c(F)c2F)Oc2c(ccc(OCC)c2F)C3)CC1. The average Bonchev–Trinajstić information content (AvgIpc) is 2.83. The topological polar surface area (TPSA) is 27.7 Å². The van der Waals surface area contributed by atoms with Gasteiger partial charge in [0.15, 0.2) is 23.0 Å². The molecule has 0 unspecified atom stereocenters. The minimum Gasteiger partial charge on any atom is -0.491 e. The Kier molecular flexibility index (Phi) is 7.51. The molecule has 178 valence electrons. The Morgan fingerprint density at radius 1 is 0.909 bits per heavy atom. The van der Waals surface area contributed by atoms with Crippen LogP contribution in [0, 0.1) is 29.3 Å². The van der Waals surface area contributed by atoms with Crippen molar-refractivity contribution < 1.29 is 27.4 Å². The molecule has 1 fully saturated rings. The fraction of sp³-hybridized carbons (Fsp3) is 0.481. The standard InChI is InChI=1S/C27H31F3O3/c1-3-5-6-7-17-8-10-18(11-9-17)16-32-22-15-20-14-19-12-13-21(31-4-2)24(29)26(19)33-27(20)25(30)23(22)28/h3,5,12-13,15,17-18H,4,6-11,14,16H2,1-2H3/b5-3+. The zero-order chi connectivity index (χ0) is 23.4. The molecule has 0 spiro atoms. The summed E-state index contributed by atoms with van der Waals surface area (Å²) in [6, 6.07) is 4.69. The molecule has 1 aliphatic heterocycles. The molecule has 0 atom stereocenters. The average molecular weight is 461 g/mol. The van der Waals surface area contributed by atoms with Crippen molar-refractivity contribution in [3.63, 3.8) is 0 Å². The van der Waals surface area contributed by atoms with Crippen LogP contribution in [0.5, 0.6) is 23.0 Å². The van der Waals surface area contributed by atoms with Crippen molar-refractivity contribution in [1.29, 1.82) is 0 Å². The van der Waals surface area contributed by atoms with E-state index in [0.29, 0.717) is 23.7 Å². The highest BCUT2D eigenvalue weighted by Gasteiger charge is 2.30. The van der Waals surface area contributed by atoms with Crippen LogP contribution >= 0.6 is 0 Å². The summed E-state index contributed by atoms with van der Waals surface area (Å²) in [5.74, 6) is -2.38. The van der Waals surface area contributed by atoms with Crippen LogP contribution in [-0.2, 0) is 6.42 Å². The molecule has 0 saturated heterocycles. The largest absolute Gasteiger partial charge is 0.491 e. The number of hydrogen-bond donors (Lipinski definition) is 0. The summed E-state index contributed by atoms with van der Waals surface area (Å²) in [7, 11) is 0. The van der Waals surface area contributed by atoms with Crippen LogP contribution in [0.25, 0.3) is 0 Å². The summed E-state index contributed by atoms with van der Waals surface area (Å²) in [6.45, 7) is 4.43. The summed E-state index contributed by atoms with van der Waals surface area (Å²) >= 11 is 0. The zero-order valence-corrected chi connectivity index (χ0v) is 19.3. The highest BCUT2D eigenvalue weighted by Crippen LogP contribution is 2.45. The van der Waals surface area contributed by atoms with E-state index in [0.717, 1.165) is 38.0 Å². The van der Waals surface area contributed by atoms with E-state index < -0.39 is 17.5 Å². The van der Waals surface area contributed by atoms with E-state index in [9.17, 15) is 13.2 Å². The molecule has 1 saturated carbocycles. The third-order valence-electron chi connectivity index (χ3n) is 6.65. The van der Waals surface area contributed by atoms with Crippen LogP contribution in [0.3, 0.4) is 0 Å². The third-order valence-corrected chi connectivity index (χ3v) is 6.65. The fourth-order valence-corrected chi connectivity index (χ4v) is 4.78. The second-order valence-electron chi connectivity index (χ2n) is 8.91. The minimum absolute atomic E-state index is 0.0251. The number of halogens is 3. The molecule has 2 aromatic rings. The molecule has 4 rings (SSSR count). The van der Waals surface area contributed by atoms with Crippen LogP contribution in [0.2, 0.25) is 0 Å². The molecular weight excluding hydrogens is 429 g/mol. The van der Waals surface area contributed by atoms with E-state index in [1.54, 1.807) is 13.0 Å². The Bertz CT molecular complexity index is 1010. The van der Waals surface area contributed by atoms with E-state index in [1.165, 1.54) is 18.6 Å². The summed E-state index contributed by atoms with van der Waals surface area (Å²) in [6.07, 6.45) is 11.2. The Balaban J connectivity index is 1.42. The molecule has 0 amide bonds. The van der Waals surface area contributed by atoms with Crippen LogP contribution in [0.15, 0.2) is 30.4 Å². The van der Waals surface area contributed by atoms with Gasteiger partial charge in [-0.1, -0.05) is 31.1 Å². The molecule has 1 heterocycles. The maximum Gasteiger partial charge on any atom is 0.207 e. The maximum atomic E-state index is 14.8. The lowest BCUT2D eigenvalue weighted by Gasteiger charge is -2.28. The summed E-state index contributed by atoms with van der Waals surface area (Å²) < 4.78 is 60.7. The van der Waals surface area contributed by atoms with Gasteiger partial charge >= 0.3 is 0 Å². The lowest BCUT2D eigenvalue weighted by Crippen LogP contribution is -2.20. The van der Waals surface area contributed by atoms with Crippen molar-refractivity contribution in [2.45, 2.75) is 58.8 Å². The first-order valence-corrected chi connectivity index (χ1v) is 11.9. The Labute approximate surface area is 193 Å². The van der Waals surface area contributed by atoms with E-state index in [1.807, 2.05) is 6.92 Å². The monoisotopic (exact) mass is 460 g/mol. The van der Waals surface area contributed by atoms with Gasteiger partial charge in [-0.2, -0.15) is 13.2 Å². The molecule has 0 bridgehead atoms. The van der Waals surface area contributed by atoms with Crippen molar-refractivity contribution in [3.8, 4) is 23.0 Å². The highest BCUT2D eigenvalue weighted by molar-refractivity contribution is 5.55.